The van der Waals surface area contributed by atoms with Crippen LogP contribution in [0.5, 0.6) is 0 Å². The highest BCUT2D eigenvalue weighted by molar-refractivity contribution is 6.05. The summed E-state index contributed by atoms with van der Waals surface area (Å²) in [6.07, 6.45) is 1.84. The summed E-state index contributed by atoms with van der Waals surface area (Å²) in [7, 11) is 0. The Kier molecular flexibility index (Phi) is 5.58. The quantitative estimate of drug-likeness (QED) is 0.196. The molecule has 0 bridgehead atoms. The third-order valence-electron chi connectivity index (χ3n) is 9.66. The third-order valence-corrected chi connectivity index (χ3v) is 9.66. The molecule has 212 valence electrons. The molecule has 45 heavy (non-hydrogen) atoms. The Morgan fingerprint density at radius 1 is 0.489 bits per heavy atom. The molecule has 0 amide bonds. The van der Waals surface area contributed by atoms with Crippen molar-refractivity contribution in [1.29, 1.82) is 0 Å². The minimum atomic E-state index is -0.0684. The summed E-state index contributed by atoms with van der Waals surface area (Å²) in [5.41, 5.74) is 14.3. The summed E-state index contributed by atoms with van der Waals surface area (Å²) in [4.78, 5) is 9.73. The highest BCUT2D eigenvalue weighted by Gasteiger charge is 2.38. The topological polar surface area (TPSA) is 25.8 Å². The van der Waals surface area contributed by atoms with Gasteiger partial charge in [0.15, 0.2) is 0 Å². The van der Waals surface area contributed by atoms with E-state index in [4.69, 9.17) is 4.98 Å². The van der Waals surface area contributed by atoms with Crippen LogP contribution < -0.4 is 0 Å². The van der Waals surface area contributed by atoms with Gasteiger partial charge in [-0.2, -0.15) is 0 Å². The van der Waals surface area contributed by atoms with Crippen molar-refractivity contribution in [3.8, 4) is 44.6 Å². The molecule has 6 aromatic carbocycles. The zero-order chi connectivity index (χ0) is 30.1. The number of benzene rings is 6. The maximum Gasteiger partial charge on any atom is 0.0972 e. The first-order valence-electron chi connectivity index (χ1n) is 15.6. The number of nitrogens with zero attached hydrogens (tertiary/aromatic N) is 2. The first-order valence-corrected chi connectivity index (χ1v) is 15.6. The number of hydrogen-bond acceptors (Lipinski definition) is 2. The lowest BCUT2D eigenvalue weighted by molar-refractivity contribution is 0.666. The Morgan fingerprint density at radius 3 is 2.09 bits per heavy atom. The lowest BCUT2D eigenvalue weighted by Gasteiger charge is -2.24. The Balaban J connectivity index is 1.14. The zero-order valence-corrected chi connectivity index (χ0v) is 25.3. The van der Waals surface area contributed by atoms with E-state index in [9.17, 15) is 0 Å². The second-order valence-electron chi connectivity index (χ2n) is 12.6. The van der Waals surface area contributed by atoms with Crippen LogP contribution in [0.25, 0.3) is 77.2 Å². The number of aromatic nitrogens is 2. The molecule has 2 heterocycles. The maximum absolute atomic E-state index is 5.09. The summed E-state index contributed by atoms with van der Waals surface area (Å²) in [5.74, 6) is 0. The van der Waals surface area contributed by atoms with Crippen molar-refractivity contribution in [3.63, 3.8) is 0 Å². The second-order valence-corrected chi connectivity index (χ2v) is 12.6. The van der Waals surface area contributed by atoms with Crippen molar-refractivity contribution in [1.82, 2.24) is 9.97 Å². The SMILES string of the molecule is CC1(C)c2ccccc2-c2c(-c3ccc(-c4cccc(-c5ccc6ccc7cccnc7c6n5)c4)cc3)cc3ccccc3c21. The van der Waals surface area contributed by atoms with E-state index >= 15 is 0 Å². The van der Waals surface area contributed by atoms with E-state index in [1.165, 1.54) is 55.3 Å². The fourth-order valence-corrected chi connectivity index (χ4v) is 7.47. The standard InChI is InChI=1S/C43H30N2/c1-43(2)37-15-6-5-14-35(37)39-36(26-32-9-3-4-13-34(32)40(39)43)28-18-16-27(17-19-28)31-10-7-11-33(25-31)38-23-22-30-21-20-29-12-8-24-44-41(29)42(30)45-38/h3-26H,1-2H3. The third kappa shape index (κ3) is 3.96. The molecule has 0 unspecified atom stereocenters. The Morgan fingerprint density at radius 2 is 1.20 bits per heavy atom. The summed E-state index contributed by atoms with van der Waals surface area (Å²) in [5, 5.41) is 4.84. The molecule has 0 atom stereocenters. The van der Waals surface area contributed by atoms with Gasteiger partial charge in [0, 0.05) is 27.9 Å². The van der Waals surface area contributed by atoms with Crippen LogP contribution in [0.15, 0.2) is 146 Å². The monoisotopic (exact) mass is 574 g/mol. The van der Waals surface area contributed by atoms with Crippen LogP contribution in [0.4, 0.5) is 0 Å². The molecule has 0 fully saturated rings. The fourth-order valence-electron chi connectivity index (χ4n) is 7.47. The molecule has 0 spiro atoms. The van der Waals surface area contributed by atoms with Gasteiger partial charge in [-0.3, -0.25) is 4.98 Å². The molecule has 2 heteroatoms. The Hall–Kier alpha value is -5.60. The molecule has 0 radical (unpaired) electrons. The van der Waals surface area contributed by atoms with Gasteiger partial charge in [0.05, 0.1) is 16.7 Å². The first-order chi connectivity index (χ1) is 22.1. The molecule has 2 nitrogen and oxygen atoms in total. The van der Waals surface area contributed by atoms with Crippen LogP contribution in [-0.2, 0) is 5.41 Å². The molecule has 0 N–H and O–H groups in total. The molecule has 0 saturated carbocycles. The van der Waals surface area contributed by atoms with Crippen LogP contribution in [0.3, 0.4) is 0 Å². The van der Waals surface area contributed by atoms with E-state index in [0.29, 0.717) is 0 Å². The van der Waals surface area contributed by atoms with Gasteiger partial charge in [-0.25, -0.2) is 4.98 Å². The van der Waals surface area contributed by atoms with Gasteiger partial charge in [-0.15, -0.1) is 0 Å². The maximum atomic E-state index is 5.09. The molecule has 0 saturated heterocycles. The molecule has 2 aromatic heterocycles. The van der Waals surface area contributed by atoms with Gasteiger partial charge in [0.1, 0.15) is 0 Å². The predicted molar refractivity (Wildman–Crippen MR) is 188 cm³/mol. The summed E-state index contributed by atoms with van der Waals surface area (Å²) in [6, 6.07) is 50.5. The number of hydrogen-bond donors (Lipinski definition) is 0. The molecule has 1 aliphatic rings. The lowest BCUT2D eigenvalue weighted by atomic mass is 9.79. The van der Waals surface area contributed by atoms with Gasteiger partial charge >= 0.3 is 0 Å². The fraction of sp³-hybridized carbons (Fsp3) is 0.0698. The number of fused-ring (bicyclic) bond motifs is 8. The van der Waals surface area contributed by atoms with E-state index in [1.54, 1.807) is 0 Å². The Bertz CT molecular complexity index is 2450. The molecular formula is C43H30N2. The van der Waals surface area contributed by atoms with Crippen molar-refractivity contribution in [2.45, 2.75) is 19.3 Å². The van der Waals surface area contributed by atoms with E-state index in [0.717, 1.165) is 33.1 Å². The summed E-state index contributed by atoms with van der Waals surface area (Å²) >= 11 is 0. The second kappa shape index (κ2) is 9.70. The summed E-state index contributed by atoms with van der Waals surface area (Å²) < 4.78 is 0. The van der Waals surface area contributed by atoms with Crippen LogP contribution in [0.1, 0.15) is 25.0 Å². The van der Waals surface area contributed by atoms with E-state index in [2.05, 4.69) is 152 Å². The Labute approximate surface area is 262 Å². The normalized spacial score (nSPS) is 13.3. The van der Waals surface area contributed by atoms with Crippen LogP contribution in [-0.4, -0.2) is 9.97 Å². The molecule has 1 aliphatic carbocycles. The molecule has 8 aromatic rings. The van der Waals surface area contributed by atoms with E-state index in [-0.39, 0.29) is 5.41 Å². The summed E-state index contributed by atoms with van der Waals surface area (Å²) in [6.45, 7) is 4.74. The van der Waals surface area contributed by atoms with E-state index < -0.39 is 0 Å². The zero-order valence-electron chi connectivity index (χ0n) is 25.3. The number of pyridine rings is 2. The average molecular weight is 575 g/mol. The van der Waals surface area contributed by atoms with E-state index in [1.807, 2.05) is 12.3 Å². The van der Waals surface area contributed by atoms with Crippen LogP contribution in [0, 0.1) is 0 Å². The van der Waals surface area contributed by atoms with Crippen molar-refractivity contribution < 1.29 is 0 Å². The predicted octanol–water partition coefficient (Wildman–Crippen LogP) is 11.2. The van der Waals surface area contributed by atoms with Crippen LogP contribution >= 0.6 is 0 Å². The van der Waals surface area contributed by atoms with Crippen LogP contribution in [0.2, 0.25) is 0 Å². The van der Waals surface area contributed by atoms with Gasteiger partial charge < -0.3 is 0 Å². The van der Waals surface area contributed by atoms with Gasteiger partial charge in [-0.1, -0.05) is 129 Å². The first kappa shape index (κ1) is 25.9. The smallest absolute Gasteiger partial charge is 0.0972 e. The molecule has 9 rings (SSSR count). The lowest BCUT2D eigenvalue weighted by Crippen LogP contribution is -2.15. The van der Waals surface area contributed by atoms with Crippen molar-refractivity contribution >= 4 is 32.6 Å². The highest BCUT2D eigenvalue weighted by atomic mass is 14.7. The van der Waals surface area contributed by atoms with Crippen molar-refractivity contribution in [2.75, 3.05) is 0 Å². The minimum absolute atomic E-state index is 0.0684. The van der Waals surface area contributed by atoms with Gasteiger partial charge in [0.25, 0.3) is 0 Å². The molecular weight excluding hydrogens is 544 g/mol. The van der Waals surface area contributed by atoms with Gasteiger partial charge in [0.2, 0.25) is 0 Å². The number of rotatable bonds is 3. The van der Waals surface area contributed by atoms with Gasteiger partial charge in [-0.05, 0) is 79.5 Å². The highest BCUT2D eigenvalue weighted by Crippen LogP contribution is 2.54. The average Bonchev–Trinajstić information content (AvgIpc) is 3.35. The molecule has 0 aliphatic heterocycles. The van der Waals surface area contributed by atoms with Crippen molar-refractivity contribution in [2.24, 2.45) is 0 Å². The van der Waals surface area contributed by atoms with Crippen molar-refractivity contribution in [3.05, 3.63) is 157 Å². The minimum Gasteiger partial charge on any atom is -0.254 e. The largest absolute Gasteiger partial charge is 0.254 e.